The molecule has 0 aliphatic carbocycles. The molecule has 1 aromatic rings. The molecule has 134 valence electrons. The monoisotopic (exact) mass is 371 g/mol. The fourth-order valence-corrected chi connectivity index (χ4v) is 4.02. The second-order valence-corrected chi connectivity index (χ2v) is 7.86. The van der Waals surface area contributed by atoms with Crippen LogP contribution in [0.3, 0.4) is 0 Å². The van der Waals surface area contributed by atoms with Gasteiger partial charge in [-0.25, -0.2) is 0 Å². The van der Waals surface area contributed by atoms with Crippen molar-refractivity contribution in [3.63, 3.8) is 0 Å². The van der Waals surface area contributed by atoms with Crippen molar-refractivity contribution in [1.29, 1.82) is 0 Å². The van der Waals surface area contributed by atoms with Crippen molar-refractivity contribution in [3.8, 4) is 0 Å². The van der Waals surface area contributed by atoms with Crippen molar-refractivity contribution in [2.45, 2.75) is 45.2 Å². The maximum atomic E-state index is 13.1. The number of hydrogen-bond acceptors (Lipinski definition) is 3. The Hall–Kier alpha value is -0.810. The topological polar surface area (TPSA) is 49.6 Å². The molecule has 0 radical (unpaired) electrons. The summed E-state index contributed by atoms with van der Waals surface area (Å²) >= 11 is 6.30. The largest absolute Gasteiger partial charge is 0.327 e. The van der Waals surface area contributed by atoms with Crippen molar-refractivity contribution < 1.29 is 4.79 Å². The van der Waals surface area contributed by atoms with E-state index in [0.29, 0.717) is 5.02 Å². The van der Waals surface area contributed by atoms with Crippen molar-refractivity contribution in [2.24, 2.45) is 11.1 Å². The summed E-state index contributed by atoms with van der Waals surface area (Å²) in [6.07, 6.45) is 2.87. The fraction of sp³-hybridized carbons (Fsp3) is 0.611. The van der Waals surface area contributed by atoms with Gasteiger partial charge in [-0.3, -0.25) is 9.69 Å². The van der Waals surface area contributed by atoms with Crippen LogP contribution in [-0.2, 0) is 4.79 Å². The second kappa shape index (κ2) is 7.61. The summed E-state index contributed by atoms with van der Waals surface area (Å²) in [6, 6.07) is 7.76. The van der Waals surface area contributed by atoms with Gasteiger partial charge in [-0.15, -0.1) is 12.4 Å². The van der Waals surface area contributed by atoms with Crippen LogP contribution in [0.2, 0.25) is 5.02 Å². The Bertz CT molecular complexity index is 593. The first-order chi connectivity index (χ1) is 10.9. The van der Waals surface area contributed by atoms with Gasteiger partial charge in [0.25, 0.3) is 0 Å². The SMILES string of the molecule is CC1(C)CN(C2CCCN(c3ccccc3Cl)C2=O)CCC1N.Cl. The van der Waals surface area contributed by atoms with E-state index < -0.39 is 0 Å². The third kappa shape index (κ3) is 3.72. The van der Waals surface area contributed by atoms with E-state index in [2.05, 4.69) is 18.7 Å². The number of para-hydroxylation sites is 1. The Morgan fingerprint density at radius 2 is 1.92 bits per heavy atom. The predicted molar refractivity (Wildman–Crippen MR) is 102 cm³/mol. The van der Waals surface area contributed by atoms with E-state index in [9.17, 15) is 4.79 Å². The van der Waals surface area contributed by atoms with Crippen molar-refractivity contribution >= 4 is 35.6 Å². The zero-order valence-corrected chi connectivity index (χ0v) is 15.9. The van der Waals surface area contributed by atoms with Crippen LogP contribution >= 0.6 is 24.0 Å². The number of nitrogens with two attached hydrogens (primary N) is 1. The van der Waals surface area contributed by atoms with Crippen LogP contribution in [-0.4, -0.2) is 42.5 Å². The van der Waals surface area contributed by atoms with Crippen LogP contribution in [0.5, 0.6) is 0 Å². The lowest BCUT2D eigenvalue weighted by Gasteiger charge is -2.47. The average Bonchev–Trinajstić information content (AvgIpc) is 2.51. The van der Waals surface area contributed by atoms with Crippen LogP contribution in [0.25, 0.3) is 0 Å². The number of carbonyl (C=O) groups is 1. The first kappa shape index (κ1) is 19.5. The minimum atomic E-state index is -0.0493. The molecule has 2 atom stereocenters. The minimum Gasteiger partial charge on any atom is -0.327 e. The van der Waals surface area contributed by atoms with Gasteiger partial charge in [0.2, 0.25) is 5.91 Å². The van der Waals surface area contributed by atoms with Crippen molar-refractivity contribution in [1.82, 2.24) is 4.90 Å². The summed E-state index contributed by atoms with van der Waals surface area (Å²) in [5, 5.41) is 0.641. The van der Waals surface area contributed by atoms with Gasteiger partial charge in [-0.2, -0.15) is 0 Å². The molecule has 2 aliphatic rings. The van der Waals surface area contributed by atoms with E-state index in [1.165, 1.54) is 0 Å². The molecule has 4 nitrogen and oxygen atoms in total. The molecule has 2 saturated heterocycles. The molecule has 1 amide bonds. The first-order valence-corrected chi connectivity index (χ1v) is 8.83. The summed E-state index contributed by atoms with van der Waals surface area (Å²) < 4.78 is 0. The predicted octanol–water partition coefficient (Wildman–Crippen LogP) is 3.32. The van der Waals surface area contributed by atoms with Crippen LogP contribution in [0.15, 0.2) is 24.3 Å². The van der Waals surface area contributed by atoms with Gasteiger partial charge in [0, 0.05) is 25.7 Å². The Kier molecular flexibility index (Phi) is 6.19. The van der Waals surface area contributed by atoms with Gasteiger partial charge < -0.3 is 10.6 Å². The highest BCUT2D eigenvalue weighted by Gasteiger charge is 2.41. The number of likely N-dealkylation sites (tertiary alicyclic amines) is 1. The van der Waals surface area contributed by atoms with E-state index in [4.69, 9.17) is 17.3 Å². The van der Waals surface area contributed by atoms with Crippen molar-refractivity contribution in [3.05, 3.63) is 29.3 Å². The van der Waals surface area contributed by atoms with E-state index >= 15 is 0 Å². The average molecular weight is 372 g/mol. The number of piperidine rings is 2. The fourth-order valence-electron chi connectivity index (χ4n) is 3.79. The molecule has 1 aromatic carbocycles. The smallest absolute Gasteiger partial charge is 0.244 e. The number of nitrogens with zero attached hydrogens (tertiary/aromatic N) is 2. The number of halogens is 2. The Morgan fingerprint density at radius 3 is 2.58 bits per heavy atom. The minimum absolute atomic E-state index is 0. The van der Waals surface area contributed by atoms with E-state index in [-0.39, 0.29) is 35.8 Å². The lowest BCUT2D eigenvalue weighted by atomic mass is 9.79. The Labute approximate surface area is 155 Å². The molecule has 0 bridgehead atoms. The van der Waals surface area contributed by atoms with Crippen LogP contribution in [0.1, 0.15) is 33.1 Å². The Balaban J connectivity index is 0.00000208. The molecular formula is C18H27Cl2N3O. The number of hydrogen-bond donors (Lipinski definition) is 1. The maximum absolute atomic E-state index is 13.1. The number of rotatable bonds is 2. The zero-order chi connectivity index (χ0) is 16.6. The molecule has 3 rings (SSSR count). The number of carbonyl (C=O) groups excluding carboxylic acids is 1. The lowest BCUT2D eigenvalue weighted by molar-refractivity contribution is -0.126. The quantitative estimate of drug-likeness (QED) is 0.867. The highest BCUT2D eigenvalue weighted by atomic mass is 35.5. The summed E-state index contributed by atoms with van der Waals surface area (Å²) in [7, 11) is 0. The molecule has 2 N–H and O–H groups in total. The van der Waals surface area contributed by atoms with Gasteiger partial charge in [0.05, 0.1) is 16.8 Å². The summed E-state index contributed by atoms with van der Waals surface area (Å²) in [6.45, 7) is 6.92. The summed E-state index contributed by atoms with van der Waals surface area (Å²) in [5.74, 6) is 0.177. The molecule has 0 saturated carbocycles. The normalized spacial score (nSPS) is 27.7. The van der Waals surface area contributed by atoms with Gasteiger partial charge in [0.1, 0.15) is 0 Å². The number of anilines is 1. The van der Waals surface area contributed by atoms with Crippen LogP contribution < -0.4 is 10.6 Å². The lowest BCUT2D eigenvalue weighted by Crippen LogP contribution is -2.60. The second-order valence-electron chi connectivity index (χ2n) is 7.45. The highest BCUT2D eigenvalue weighted by Crippen LogP contribution is 2.33. The molecule has 0 spiro atoms. The van der Waals surface area contributed by atoms with Crippen LogP contribution in [0, 0.1) is 5.41 Å². The summed E-state index contributed by atoms with van der Waals surface area (Å²) in [5.41, 5.74) is 7.11. The molecule has 2 heterocycles. The van der Waals surface area contributed by atoms with E-state index in [0.717, 1.165) is 44.6 Å². The van der Waals surface area contributed by atoms with Gasteiger partial charge in [-0.05, 0) is 36.8 Å². The first-order valence-electron chi connectivity index (χ1n) is 8.46. The third-order valence-electron chi connectivity index (χ3n) is 5.34. The number of benzene rings is 1. The summed E-state index contributed by atoms with van der Waals surface area (Å²) in [4.78, 5) is 17.3. The molecule has 0 aromatic heterocycles. The van der Waals surface area contributed by atoms with E-state index in [1.807, 2.05) is 29.2 Å². The van der Waals surface area contributed by atoms with Crippen LogP contribution in [0.4, 0.5) is 5.69 Å². The third-order valence-corrected chi connectivity index (χ3v) is 5.66. The van der Waals surface area contributed by atoms with Gasteiger partial charge in [0.15, 0.2) is 0 Å². The zero-order valence-electron chi connectivity index (χ0n) is 14.4. The highest BCUT2D eigenvalue weighted by molar-refractivity contribution is 6.33. The van der Waals surface area contributed by atoms with Crippen molar-refractivity contribution in [2.75, 3.05) is 24.5 Å². The molecule has 2 aliphatic heterocycles. The standard InChI is InChI=1S/C18H26ClN3O.ClH/c1-18(2)12-21(11-9-16(18)20)15-8-5-10-22(17(15)23)14-7-4-3-6-13(14)19;/h3-4,6-7,15-16H,5,8-12,20H2,1-2H3;1H. The molecular weight excluding hydrogens is 345 g/mol. The van der Waals surface area contributed by atoms with Gasteiger partial charge >= 0.3 is 0 Å². The van der Waals surface area contributed by atoms with E-state index in [1.54, 1.807) is 0 Å². The van der Waals surface area contributed by atoms with Gasteiger partial charge in [-0.1, -0.05) is 37.6 Å². The number of amides is 1. The Morgan fingerprint density at radius 1 is 1.21 bits per heavy atom. The maximum Gasteiger partial charge on any atom is 0.244 e. The molecule has 6 heteroatoms. The molecule has 2 unspecified atom stereocenters. The molecule has 2 fully saturated rings. The molecule has 24 heavy (non-hydrogen) atoms.